The SMILES string of the molecule is Cn1c(SCC2=C(C(=O)O)N3C(=O)[C@@](NO)(NC(=O)C(NC(=O)N4CCN(Cc5ccccc5)C(=O)C4=O)c4ccccc4)[C@@H]3SC2)n[nH]c(=O)c1=O. The summed E-state index contributed by atoms with van der Waals surface area (Å²) in [6, 6.07) is 14.2. The van der Waals surface area contributed by atoms with Gasteiger partial charge in [0.2, 0.25) is 11.6 Å². The maximum absolute atomic E-state index is 13.9. The smallest absolute Gasteiger partial charge is 0.352 e. The number of amides is 6. The summed E-state index contributed by atoms with van der Waals surface area (Å²) in [5, 5.41) is 30.1. The van der Waals surface area contributed by atoms with Crippen molar-refractivity contribution >= 4 is 59.2 Å². The predicted octanol–water partition coefficient (Wildman–Crippen LogP) is -1.07. The molecule has 19 nitrogen and oxygen atoms in total. The number of hydroxylamine groups is 1. The monoisotopic (exact) mass is 765 g/mol. The van der Waals surface area contributed by atoms with Crippen molar-refractivity contribution in [2.75, 3.05) is 24.6 Å². The molecule has 4 heterocycles. The van der Waals surface area contributed by atoms with Crippen LogP contribution >= 0.6 is 23.5 Å². The van der Waals surface area contributed by atoms with Crippen LogP contribution in [0.3, 0.4) is 0 Å². The van der Waals surface area contributed by atoms with E-state index in [9.17, 15) is 48.7 Å². The van der Waals surface area contributed by atoms with Crippen LogP contribution in [0.2, 0.25) is 0 Å². The molecule has 3 aliphatic rings. The van der Waals surface area contributed by atoms with Gasteiger partial charge in [0.25, 0.3) is 5.91 Å². The average Bonchev–Trinajstić information content (AvgIpc) is 3.16. The summed E-state index contributed by atoms with van der Waals surface area (Å²) in [5.74, 6) is -5.57. The average molecular weight is 766 g/mol. The fraction of sp³-hybridized carbons (Fsp3) is 0.281. The van der Waals surface area contributed by atoms with E-state index in [1.807, 2.05) is 11.5 Å². The number of hydrogen-bond acceptors (Lipinski definition) is 13. The van der Waals surface area contributed by atoms with Crippen molar-refractivity contribution in [3.8, 4) is 0 Å². The molecule has 3 atom stereocenters. The number of thioether (sulfide) groups is 2. The molecule has 2 fully saturated rings. The number of aliphatic carboxylic acids is 1. The number of fused-ring (bicyclic) bond motifs is 1. The number of carbonyl (C=O) groups is 6. The van der Waals surface area contributed by atoms with Crippen LogP contribution < -0.4 is 27.2 Å². The molecule has 6 rings (SSSR count). The van der Waals surface area contributed by atoms with Crippen molar-refractivity contribution in [2.45, 2.75) is 28.8 Å². The maximum atomic E-state index is 13.9. The van der Waals surface area contributed by atoms with Crippen molar-refractivity contribution < 1.29 is 39.1 Å². The molecule has 53 heavy (non-hydrogen) atoms. The van der Waals surface area contributed by atoms with Gasteiger partial charge in [-0.3, -0.25) is 43.1 Å². The first-order chi connectivity index (χ1) is 25.4. The number of nitrogens with zero attached hydrogens (tertiary/aromatic N) is 5. The third-order valence-electron chi connectivity index (χ3n) is 8.70. The number of benzene rings is 2. The third-order valence-corrected chi connectivity index (χ3v) is 11.2. The first-order valence-electron chi connectivity index (χ1n) is 15.8. The van der Waals surface area contributed by atoms with Crippen LogP contribution in [0, 0.1) is 0 Å². The second kappa shape index (κ2) is 15.1. The molecule has 6 amide bonds. The van der Waals surface area contributed by atoms with E-state index in [2.05, 4.69) is 20.8 Å². The Balaban J connectivity index is 1.19. The molecule has 0 saturated carbocycles. The third kappa shape index (κ3) is 6.93. The number of imide groups is 1. The van der Waals surface area contributed by atoms with E-state index in [-0.39, 0.29) is 47.4 Å². The first-order valence-corrected chi connectivity index (χ1v) is 17.8. The number of hydrogen-bond donors (Lipinski definition) is 6. The minimum absolute atomic E-state index is 0.00488. The lowest BCUT2D eigenvalue weighted by molar-refractivity contribution is -0.171. The van der Waals surface area contributed by atoms with Crippen molar-refractivity contribution in [2.24, 2.45) is 7.05 Å². The van der Waals surface area contributed by atoms with Crippen LogP contribution in [-0.2, 0) is 37.6 Å². The Morgan fingerprint density at radius 1 is 1.02 bits per heavy atom. The van der Waals surface area contributed by atoms with E-state index in [4.69, 9.17) is 0 Å². The second-order valence-corrected chi connectivity index (χ2v) is 14.0. The molecular weight excluding hydrogens is 735 g/mol. The van der Waals surface area contributed by atoms with Gasteiger partial charge in [-0.25, -0.2) is 14.7 Å². The number of aromatic amines is 1. The zero-order chi connectivity index (χ0) is 38.0. The van der Waals surface area contributed by atoms with Crippen LogP contribution in [0.4, 0.5) is 4.79 Å². The number of piperazine rings is 1. The van der Waals surface area contributed by atoms with Crippen LogP contribution in [0.5, 0.6) is 0 Å². The summed E-state index contributed by atoms with van der Waals surface area (Å²) in [6.45, 7) is 0.0260. The van der Waals surface area contributed by atoms with Gasteiger partial charge in [0.15, 0.2) is 5.16 Å². The van der Waals surface area contributed by atoms with Crippen molar-refractivity contribution in [1.29, 1.82) is 0 Å². The van der Waals surface area contributed by atoms with E-state index in [1.54, 1.807) is 42.5 Å². The minimum Gasteiger partial charge on any atom is -0.477 e. The molecule has 1 unspecified atom stereocenters. The van der Waals surface area contributed by atoms with Crippen LogP contribution in [0.15, 0.2) is 86.7 Å². The lowest BCUT2D eigenvalue weighted by atomic mass is 9.94. The molecule has 2 saturated heterocycles. The topological polar surface area (TPSA) is 256 Å². The summed E-state index contributed by atoms with van der Waals surface area (Å²) in [4.78, 5) is 106. The number of β-lactam (4-membered cyclic amide) rings is 1. The zero-order valence-electron chi connectivity index (χ0n) is 27.7. The molecule has 0 aliphatic carbocycles. The number of aromatic nitrogens is 3. The molecule has 6 N–H and O–H groups in total. The summed E-state index contributed by atoms with van der Waals surface area (Å²) in [7, 11) is 1.32. The van der Waals surface area contributed by atoms with Crippen LogP contribution in [0.1, 0.15) is 17.2 Å². The fourth-order valence-corrected chi connectivity index (χ4v) is 8.42. The normalized spacial score (nSPS) is 20.5. The van der Waals surface area contributed by atoms with Gasteiger partial charge in [-0.05, 0) is 16.7 Å². The van der Waals surface area contributed by atoms with Gasteiger partial charge in [-0.1, -0.05) is 72.4 Å². The standard InChI is InChI=1S/C32H31N9O10S2/c1-38-24(44)23(43)35-36-31(38)53-16-19-15-52-29-32(37-51,28(49)41(29)21(19)27(47)48)34-22(42)20(18-10-6-3-7-11-18)33-30(50)40-13-12-39(25(45)26(40)46)14-17-8-4-2-5-9-17/h2-11,20,29,37,51H,12-16H2,1H3,(H,33,50)(H,34,42)(H,35,43)(H,47,48)/t20?,29-,32-/m0/s1. The fourth-order valence-electron chi connectivity index (χ4n) is 5.95. The number of nitrogens with one attached hydrogen (secondary N) is 4. The Kier molecular flexibility index (Phi) is 10.5. The van der Waals surface area contributed by atoms with E-state index >= 15 is 0 Å². The first kappa shape index (κ1) is 37.0. The number of carboxylic acids is 1. The number of carbonyl (C=O) groups excluding carboxylic acids is 5. The molecule has 276 valence electrons. The highest BCUT2D eigenvalue weighted by Gasteiger charge is 2.66. The van der Waals surface area contributed by atoms with Gasteiger partial charge in [-0.2, -0.15) is 5.48 Å². The number of carboxylic acid groups (broad SMARTS) is 1. The molecule has 1 aromatic heterocycles. The van der Waals surface area contributed by atoms with Gasteiger partial charge in [-0.15, -0.1) is 16.9 Å². The Bertz CT molecular complexity index is 2150. The zero-order valence-corrected chi connectivity index (χ0v) is 29.3. The Labute approximate surface area is 307 Å². The van der Waals surface area contributed by atoms with Gasteiger partial charge >= 0.3 is 34.9 Å². The molecule has 3 aromatic rings. The number of rotatable bonds is 11. The number of urea groups is 1. The lowest BCUT2D eigenvalue weighted by Gasteiger charge is -2.56. The second-order valence-electron chi connectivity index (χ2n) is 12.0. The minimum atomic E-state index is -2.24. The summed E-state index contributed by atoms with van der Waals surface area (Å²) in [6.07, 6.45) is 0. The molecule has 0 bridgehead atoms. The quantitative estimate of drug-likeness (QED) is 0.0447. The molecule has 2 aromatic carbocycles. The van der Waals surface area contributed by atoms with Gasteiger partial charge in [0, 0.05) is 38.2 Å². The highest BCUT2D eigenvalue weighted by Crippen LogP contribution is 2.45. The van der Waals surface area contributed by atoms with Crippen molar-refractivity contribution in [3.63, 3.8) is 0 Å². The summed E-state index contributed by atoms with van der Waals surface area (Å²) in [5.41, 5.74) is -1.35. The van der Waals surface area contributed by atoms with Crippen LogP contribution in [-0.4, -0.2) is 111 Å². The predicted molar refractivity (Wildman–Crippen MR) is 186 cm³/mol. The maximum Gasteiger partial charge on any atom is 0.352 e. The van der Waals surface area contributed by atoms with E-state index in [1.165, 1.54) is 24.1 Å². The Hall–Kier alpha value is -5.77. The number of H-pyrrole nitrogens is 1. The van der Waals surface area contributed by atoms with E-state index < -0.39 is 69.5 Å². The largest absolute Gasteiger partial charge is 0.477 e. The van der Waals surface area contributed by atoms with Gasteiger partial charge < -0.3 is 25.8 Å². The molecule has 0 spiro atoms. The summed E-state index contributed by atoms with van der Waals surface area (Å²) >= 11 is 1.96. The van der Waals surface area contributed by atoms with Gasteiger partial charge in [0.1, 0.15) is 17.1 Å². The van der Waals surface area contributed by atoms with Gasteiger partial charge in [0.05, 0.1) is 0 Å². The molecule has 21 heteroatoms. The van der Waals surface area contributed by atoms with Crippen LogP contribution in [0.25, 0.3) is 0 Å². The van der Waals surface area contributed by atoms with Crippen molar-refractivity contribution in [3.05, 3.63) is 104 Å². The highest BCUT2D eigenvalue weighted by atomic mass is 32.2. The van der Waals surface area contributed by atoms with E-state index in [0.29, 0.717) is 4.90 Å². The molecular formula is C32H31N9O10S2. The van der Waals surface area contributed by atoms with E-state index in [0.717, 1.165) is 38.6 Å². The molecule has 0 radical (unpaired) electrons. The highest BCUT2D eigenvalue weighted by molar-refractivity contribution is 8.01. The lowest BCUT2D eigenvalue weighted by Crippen LogP contribution is -2.85. The Morgan fingerprint density at radius 3 is 2.36 bits per heavy atom. The summed E-state index contributed by atoms with van der Waals surface area (Å²) < 4.78 is 0.996. The van der Waals surface area contributed by atoms with Crippen molar-refractivity contribution in [1.82, 2.24) is 45.6 Å². The Morgan fingerprint density at radius 2 is 1.70 bits per heavy atom. The molecule has 3 aliphatic heterocycles.